The van der Waals surface area contributed by atoms with Gasteiger partial charge in [-0.3, -0.25) is 4.79 Å². The minimum absolute atomic E-state index is 0.0205. The van der Waals surface area contributed by atoms with Gasteiger partial charge in [-0.1, -0.05) is 20.3 Å². The Morgan fingerprint density at radius 3 is 2.54 bits per heavy atom. The van der Waals surface area contributed by atoms with E-state index in [1.807, 2.05) is 0 Å². The van der Waals surface area contributed by atoms with Gasteiger partial charge < -0.3 is 9.84 Å². The number of hydrogen-bond donors (Lipinski definition) is 1. The highest BCUT2D eigenvalue weighted by molar-refractivity contribution is 5.66. The Kier molecular flexibility index (Phi) is 4.02. The SMILES string of the molecule is CC(=O)O[C@@H]1CC[C@]2(C)[C@@H]3CC[C@]4(C)CCC[C@H]4[C@@H]3C[C@H](O)[C@H]2C1. The third-order valence-corrected chi connectivity index (χ3v) is 8.74. The summed E-state index contributed by atoms with van der Waals surface area (Å²) in [6.07, 6.45) is 10.6. The molecule has 0 amide bonds. The minimum Gasteiger partial charge on any atom is -0.463 e. The first kappa shape index (κ1) is 16.9. The molecule has 4 aliphatic carbocycles. The maximum Gasteiger partial charge on any atom is 0.302 e. The zero-order chi connectivity index (χ0) is 17.1. The molecule has 0 aromatic rings. The fourth-order valence-corrected chi connectivity index (χ4v) is 7.60. The highest BCUT2D eigenvalue weighted by atomic mass is 16.5. The van der Waals surface area contributed by atoms with Gasteiger partial charge in [0.25, 0.3) is 0 Å². The summed E-state index contributed by atoms with van der Waals surface area (Å²) in [4.78, 5) is 11.3. The van der Waals surface area contributed by atoms with E-state index in [-0.39, 0.29) is 23.6 Å². The van der Waals surface area contributed by atoms with Crippen molar-refractivity contribution in [2.45, 2.75) is 90.8 Å². The monoisotopic (exact) mass is 334 g/mol. The molecule has 3 heteroatoms. The van der Waals surface area contributed by atoms with Gasteiger partial charge >= 0.3 is 5.97 Å². The summed E-state index contributed by atoms with van der Waals surface area (Å²) in [6.45, 7) is 6.46. The molecule has 8 atom stereocenters. The lowest BCUT2D eigenvalue weighted by Gasteiger charge is -2.61. The number of rotatable bonds is 1. The first-order chi connectivity index (χ1) is 11.3. The number of carbonyl (C=O) groups is 1. The van der Waals surface area contributed by atoms with E-state index in [1.54, 1.807) is 0 Å². The van der Waals surface area contributed by atoms with Gasteiger partial charge in [-0.05, 0) is 85.9 Å². The molecule has 0 unspecified atom stereocenters. The predicted molar refractivity (Wildman–Crippen MR) is 93.3 cm³/mol. The number of carbonyl (C=O) groups excluding carboxylic acids is 1. The van der Waals surface area contributed by atoms with Crippen LogP contribution in [-0.4, -0.2) is 23.3 Å². The van der Waals surface area contributed by atoms with Crippen LogP contribution in [0.4, 0.5) is 0 Å². The summed E-state index contributed by atoms with van der Waals surface area (Å²) >= 11 is 0. The number of hydrogen-bond acceptors (Lipinski definition) is 3. The smallest absolute Gasteiger partial charge is 0.302 e. The molecule has 3 nitrogen and oxygen atoms in total. The van der Waals surface area contributed by atoms with Gasteiger partial charge in [-0.25, -0.2) is 0 Å². The number of aliphatic hydroxyl groups is 1. The van der Waals surface area contributed by atoms with E-state index in [1.165, 1.54) is 39.0 Å². The highest BCUT2D eigenvalue weighted by Crippen LogP contribution is 2.66. The summed E-state index contributed by atoms with van der Waals surface area (Å²) in [5.74, 6) is 2.44. The molecule has 0 spiro atoms. The van der Waals surface area contributed by atoms with Crippen LogP contribution in [0.25, 0.3) is 0 Å². The third kappa shape index (κ3) is 2.45. The molecule has 0 heterocycles. The Hall–Kier alpha value is -0.570. The summed E-state index contributed by atoms with van der Waals surface area (Å²) in [5.41, 5.74) is 0.780. The molecule has 1 N–H and O–H groups in total. The Morgan fingerprint density at radius 1 is 1.00 bits per heavy atom. The van der Waals surface area contributed by atoms with E-state index in [0.29, 0.717) is 17.3 Å². The molecule has 136 valence electrons. The first-order valence-electron chi connectivity index (χ1n) is 10.2. The number of esters is 1. The van der Waals surface area contributed by atoms with Crippen LogP contribution in [0, 0.1) is 34.5 Å². The molecule has 0 aliphatic heterocycles. The van der Waals surface area contributed by atoms with Crippen molar-refractivity contribution in [3.63, 3.8) is 0 Å². The second-order valence-electron chi connectivity index (χ2n) is 9.88. The normalized spacial score (nSPS) is 53.7. The maximum absolute atomic E-state index is 11.3. The second kappa shape index (κ2) is 5.72. The van der Waals surface area contributed by atoms with E-state index in [9.17, 15) is 9.90 Å². The van der Waals surface area contributed by atoms with Crippen LogP contribution < -0.4 is 0 Å². The molecule has 0 bridgehead atoms. The van der Waals surface area contributed by atoms with Crippen molar-refractivity contribution in [3.05, 3.63) is 0 Å². The van der Waals surface area contributed by atoms with Gasteiger partial charge in [0.15, 0.2) is 0 Å². The van der Waals surface area contributed by atoms with Crippen molar-refractivity contribution in [3.8, 4) is 0 Å². The molecule has 4 saturated carbocycles. The molecular weight excluding hydrogens is 300 g/mol. The molecule has 0 aromatic carbocycles. The van der Waals surface area contributed by atoms with E-state index in [0.717, 1.165) is 37.5 Å². The lowest BCUT2D eigenvalue weighted by molar-refractivity contribution is -0.179. The van der Waals surface area contributed by atoms with Crippen molar-refractivity contribution in [2.24, 2.45) is 34.5 Å². The fourth-order valence-electron chi connectivity index (χ4n) is 7.60. The standard InChI is InChI=1S/C21H34O3/c1-13(22)24-14-6-10-21(3)17-7-9-20(2)8-4-5-16(20)15(17)12-19(23)18(21)11-14/h14-19,23H,4-12H2,1-3H3/t14-,15+,16+,17-,18-,19+,20+,21-/m1/s1. The first-order valence-corrected chi connectivity index (χ1v) is 10.2. The Bertz CT molecular complexity index is 517. The summed E-state index contributed by atoms with van der Waals surface area (Å²) in [7, 11) is 0. The average Bonchev–Trinajstić information content (AvgIpc) is 2.90. The fraction of sp³-hybridized carbons (Fsp3) is 0.952. The van der Waals surface area contributed by atoms with Crippen LogP contribution in [0.5, 0.6) is 0 Å². The van der Waals surface area contributed by atoms with E-state index >= 15 is 0 Å². The third-order valence-electron chi connectivity index (χ3n) is 8.74. The van der Waals surface area contributed by atoms with Crippen molar-refractivity contribution < 1.29 is 14.6 Å². The van der Waals surface area contributed by atoms with Crippen molar-refractivity contribution in [1.29, 1.82) is 0 Å². The van der Waals surface area contributed by atoms with Crippen LogP contribution >= 0.6 is 0 Å². The topological polar surface area (TPSA) is 46.5 Å². The molecule has 0 aromatic heterocycles. The molecule has 4 rings (SSSR count). The number of fused-ring (bicyclic) bond motifs is 5. The van der Waals surface area contributed by atoms with E-state index in [2.05, 4.69) is 13.8 Å². The number of ether oxygens (including phenoxy) is 1. The summed E-state index contributed by atoms with van der Waals surface area (Å²) in [5, 5.41) is 11.0. The van der Waals surface area contributed by atoms with Crippen LogP contribution in [0.15, 0.2) is 0 Å². The lowest BCUT2D eigenvalue weighted by Crippen LogP contribution is -2.58. The largest absolute Gasteiger partial charge is 0.463 e. The maximum atomic E-state index is 11.3. The predicted octanol–water partition coefficient (Wildman–Crippen LogP) is 4.32. The highest BCUT2D eigenvalue weighted by Gasteiger charge is 2.60. The van der Waals surface area contributed by atoms with Crippen molar-refractivity contribution in [2.75, 3.05) is 0 Å². The lowest BCUT2D eigenvalue weighted by atomic mass is 9.44. The van der Waals surface area contributed by atoms with Crippen molar-refractivity contribution in [1.82, 2.24) is 0 Å². The van der Waals surface area contributed by atoms with Crippen molar-refractivity contribution >= 4 is 5.97 Å². The Morgan fingerprint density at radius 2 is 1.79 bits per heavy atom. The zero-order valence-corrected chi connectivity index (χ0v) is 15.6. The zero-order valence-electron chi connectivity index (χ0n) is 15.6. The summed E-state index contributed by atoms with van der Waals surface area (Å²) in [6, 6.07) is 0. The van der Waals surface area contributed by atoms with Gasteiger partial charge in [0, 0.05) is 6.92 Å². The van der Waals surface area contributed by atoms with Gasteiger partial charge in [-0.15, -0.1) is 0 Å². The minimum atomic E-state index is -0.211. The van der Waals surface area contributed by atoms with Crippen LogP contribution in [0.1, 0.15) is 78.6 Å². The molecule has 24 heavy (non-hydrogen) atoms. The van der Waals surface area contributed by atoms with Crippen LogP contribution in [0.3, 0.4) is 0 Å². The van der Waals surface area contributed by atoms with Gasteiger partial charge in [0.2, 0.25) is 0 Å². The molecule has 0 saturated heterocycles. The van der Waals surface area contributed by atoms with Gasteiger partial charge in [-0.2, -0.15) is 0 Å². The van der Waals surface area contributed by atoms with Crippen LogP contribution in [0.2, 0.25) is 0 Å². The van der Waals surface area contributed by atoms with E-state index in [4.69, 9.17) is 4.74 Å². The Labute approximate surface area is 146 Å². The van der Waals surface area contributed by atoms with Gasteiger partial charge in [0.05, 0.1) is 6.10 Å². The Balaban J connectivity index is 1.58. The van der Waals surface area contributed by atoms with Gasteiger partial charge in [0.1, 0.15) is 6.10 Å². The molecule has 4 aliphatic rings. The molecular formula is C21H34O3. The molecule has 0 radical (unpaired) electrons. The quantitative estimate of drug-likeness (QED) is 0.726. The number of aliphatic hydroxyl groups excluding tert-OH is 1. The summed E-state index contributed by atoms with van der Waals surface area (Å²) < 4.78 is 5.50. The van der Waals surface area contributed by atoms with Crippen LogP contribution in [-0.2, 0) is 9.53 Å². The van der Waals surface area contributed by atoms with E-state index < -0.39 is 0 Å². The molecule has 4 fully saturated rings. The second-order valence-corrected chi connectivity index (χ2v) is 9.88. The average molecular weight is 335 g/mol.